The molecule has 0 aromatic carbocycles. The molecule has 0 saturated heterocycles. The predicted molar refractivity (Wildman–Crippen MR) is 57.3 cm³/mol. The third-order valence-electron chi connectivity index (χ3n) is 3.14. The molecule has 3 heteroatoms. The first-order chi connectivity index (χ1) is 6.59. The molecule has 1 aliphatic rings. The Labute approximate surface area is 83.5 Å². The lowest BCUT2D eigenvalue weighted by Gasteiger charge is -2.24. The van der Waals surface area contributed by atoms with Crippen LogP contribution in [0.2, 0.25) is 0 Å². The fourth-order valence-corrected chi connectivity index (χ4v) is 2.21. The minimum absolute atomic E-state index is 0.0100. The van der Waals surface area contributed by atoms with Crippen molar-refractivity contribution in [3.05, 3.63) is 27.7 Å². The Hall–Kier alpha value is -1.25. The number of nitrogens with zero attached hydrogens (tertiary/aromatic N) is 1. The van der Waals surface area contributed by atoms with Crippen molar-refractivity contribution in [2.24, 2.45) is 13.0 Å². The summed E-state index contributed by atoms with van der Waals surface area (Å²) in [4.78, 5) is 11.5. The lowest BCUT2D eigenvalue weighted by atomic mass is 9.87. The van der Waals surface area contributed by atoms with Crippen molar-refractivity contribution >= 4 is 5.69 Å². The maximum atomic E-state index is 11.5. The highest BCUT2D eigenvalue weighted by atomic mass is 16.1. The molecule has 0 fully saturated rings. The topological polar surface area (TPSA) is 48.0 Å². The van der Waals surface area contributed by atoms with Crippen molar-refractivity contribution in [2.45, 2.75) is 26.2 Å². The average molecular weight is 192 g/mol. The van der Waals surface area contributed by atoms with E-state index >= 15 is 0 Å². The number of nitrogens with two attached hydrogens (primary N) is 1. The lowest BCUT2D eigenvalue weighted by Crippen LogP contribution is -2.26. The minimum Gasteiger partial charge on any atom is -0.398 e. The Morgan fingerprint density at radius 2 is 2.29 bits per heavy atom. The van der Waals surface area contributed by atoms with Gasteiger partial charge < -0.3 is 10.3 Å². The van der Waals surface area contributed by atoms with E-state index in [1.54, 1.807) is 4.57 Å². The van der Waals surface area contributed by atoms with Crippen LogP contribution >= 0.6 is 0 Å². The molecular weight excluding hydrogens is 176 g/mol. The van der Waals surface area contributed by atoms with Crippen LogP contribution in [0.4, 0.5) is 5.69 Å². The van der Waals surface area contributed by atoms with Gasteiger partial charge in [0.2, 0.25) is 0 Å². The first-order valence-corrected chi connectivity index (χ1v) is 5.07. The van der Waals surface area contributed by atoms with E-state index in [1.807, 2.05) is 7.05 Å². The van der Waals surface area contributed by atoms with Crippen LogP contribution in [0, 0.1) is 5.92 Å². The Bertz CT molecular complexity index is 420. The van der Waals surface area contributed by atoms with Gasteiger partial charge in [-0.05, 0) is 30.7 Å². The zero-order valence-electron chi connectivity index (χ0n) is 8.71. The van der Waals surface area contributed by atoms with E-state index in [-0.39, 0.29) is 5.56 Å². The van der Waals surface area contributed by atoms with E-state index in [1.165, 1.54) is 11.6 Å². The number of fused-ring (bicyclic) bond motifs is 1. The molecule has 2 rings (SSSR count). The van der Waals surface area contributed by atoms with E-state index in [9.17, 15) is 4.79 Å². The summed E-state index contributed by atoms with van der Waals surface area (Å²) in [7, 11) is 1.83. The van der Waals surface area contributed by atoms with E-state index in [4.69, 9.17) is 5.73 Å². The van der Waals surface area contributed by atoms with Gasteiger partial charge in [0.05, 0.1) is 0 Å². The summed E-state index contributed by atoms with van der Waals surface area (Å²) < 4.78 is 1.73. The number of hydrogen-bond donors (Lipinski definition) is 1. The quantitative estimate of drug-likeness (QED) is 0.669. The summed E-state index contributed by atoms with van der Waals surface area (Å²) >= 11 is 0. The molecule has 0 saturated carbocycles. The minimum atomic E-state index is 0.0100. The Morgan fingerprint density at radius 1 is 1.57 bits per heavy atom. The van der Waals surface area contributed by atoms with Crippen molar-refractivity contribution in [1.29, 1.82) is 0 Å². The zero-order chi connectivity index (χ0) is 10.3. The molecule has 2 N–H and O–H groups in total. The molecule has 0 amide bonds. The second kappa shape index (κ2) is 3.15. The molecule has 3 nitrogen and oxygen atoms in total. The van der Waals surface area contributed by atoms with Gasteiger partial charge in [0.1, 0.15) is 0 Å². The Balaban J connectivity index is 2.63. The molecular formula is C11H16N2O. The molecule has 0 aliphatic heterocycles. The van der Waals surface area contributed by atoms with E-state index in [0.717, 1.165) is 25.0 Å². The molecule has 0 bridgehead atoms. The van der Waals surface area contributed by atoms with Crippen LogP contribution in [-0.2, 0) is 19.9 Å². The molecule has 1 aromatic heterocycles. The summed E-state index contributed by atoms with van der Waals surface area (Å²) in [6.07, 6.45) is 3.15. The predicted octanol–water partition coefficient (Wildman–Crippen LogP) is 1.09. The van der Waals surface area contributed by atoms with Crippen molar-refractivity contribution in [1.82, 2.24) is 4.57 Å². The normalized spacial score (nSPS) is 20.6. The maximum absolute atomic E-state index is 11.5. The molecule has 76 valence electrons. The first kappa shape index (κ1) is 9.31. The van der Waals surface area contributed by atoms with Gasteiger partial charge in [-0.2, -0.15) is 0 Å². The molecule has 0 radical (unpaired) electrons. The summed E-state index contributed by atoms with van der Waals surface area (Å²) in [6, 6.07) is 1.54. The molecule has 1 aromatic rings. The fourth-order valence-electron chi connectivity index (χ4n) is 2.21. The molecule has 0 spiro atoms. The van der Waals surface area contributed by atoms with Crippen LogP contribution in [0.15, 0.2) is 10.9 Å². The molecule has 1 atom stereocenters. The van der Waals surface area contributed by atoms with Crippen LogP contribution in [0.3, 0.4) is 0 Å². The Kier molecular flexibility index (Phi) is 2.10. The van der Waals surface area contributed by atoms with Gasteiger partial charge in [-0.15, -0.1) is 0 Å². The van der Waals surface area contributed by atoms with Crippen molar-refractivity contribution in [3.8, 4) is 0 Å². The third-order valence-corrected chi connectivity index (χ3v) is 3.14. The highest BCUT2D eigenvalue weighted by Gasteiger charge is 2.19. The van der Waals surface area contributed by atoms with Crippen LogP contribution in [0.5, 0.6) is 0 Å². The molecule has 14 heavy (non-hydrogen) atoms. The maximum Gasteiger partial charge on any atom is 0.252 e. The van der Waals surface area contributed by atoms with Crippen LogP contribution < -0.4 is 11.3 Å². The Morgan fingerprint density at radius 3 is 3.00 bits per heavy atom. The number of pyridine rings is 1. The highest BCUT2D eigenvalue weighted by Crippen LogP contribution is 2.27. The SMILES string of the molecule is CC1CCc2c(c(N)cc(=O)n2C)C1. The van der Waals surface area contributed by atoms with Gasteiger partial charge in [0.25, 0.3) is 5.56 Å². The number of aromatic nitrogens is 1. The first-order valence-electron chi connectivity index (χ1n) is 5.07. The van der Waals surface area contributed by atoms with Gasteiger partial charge in [-0.3, -0.25) is 4.79 Å². The third kappa shape index (κ3) is 1.33. The van der Waals surface area contributed by atoms with E-state index in [0.29, 0.717) is 11.6 Å². The highest BCUT2D eigenvalue weighted by molar-refractivity contribution is 5.49. The number of hydrogen-bond acceptors (Lipinski definition) is 2. The number of rotatable bonds is 0. The second-order valence-electron chi connectivity index (χ2n) is 4.27. The van der Waals surface area contributed by atoms with Crippen molar-refractivity contribution in [3.63, 3.8) is 0 Å². The monoisotopic (exact) mass is 192 g/mol. The molecule has 1 unspecified atom stereocenters. The summed E-state index contributed by atoms with van der Waals surface area (Å²) in [5.74, 6) is 0.683. The van der Waals surface area contributed by atoms with Gasteiger partial charge in [0.15, 0.2) is 0 Å². The lowest BCUT2D eigenvalue weighted by molar-refractivity contribution is 0.482. The average Bonchev–Trinajstić information content (AvgIpc) is 2.14. The zero-order valence-corrected chi connectivity index (χ0v) is 8.71. The fraction of sp³-hybridized carbons (Fsp3) is 0.545. The van der Waals surface area contributed by atoms with Gasteiger partial charge in [0, 0.05) is 24.5 Å². The van der Waals surface area contributed by atoms with E-state index < -0.39 is 0 Å². The molecule has 1 heterocycles. The van der Waals surface area contributed by atoms with Crippen molar-refractivity contribution < 1.29 is 0 Å². The van der Waals surface area contributed by atoms with Gasteiger partial charge in [-0.25, -0.2) is 0 Å². The van der Waals surface area contributed by atoms with Crippen LogP contribution in [0.1, 0.15) is 24.6 Å². The summed E-state index contributed by atoms with van der Waals surface area (Å²) in [5.41, 5.74) is 8.86. The largest absolute Gasteiger partial charge is 0.398 e. The summed E-state index contributed by atoms with van der Waals surface area (Å²) in [5, 5.41) is 0. The van der Waals surface area contributed by atoms with Crippen LogP contribution in [-0.4, -0.2) is 4.57 Å². The van der Waals surface area contributed by atoms with Crippen molar-refractivity contribution in [2.75, 3.05) is 5.73 Å². The van der Waals surface area contributed by atoms with E-state index in [2.05, 4.69) is 6.92 Å². The molecule has 1 aliphatic carbocycles. The smallest absolute Gasteiger partial charge is 0.252 e. The van der Waals surface area contributed by atoms with Crippen LogP contribution in [0.25, 0.3) is 0 Å². The van der Waals surface area contributed by atoms with Gasteiger partial charge in [-0.1, -0.05) is 6.92 Å². The second-order valence-corrected chi connectivity index (χ2v) is 4.27. The van der Waals surface area contributed by atoms with Gasteiger partial charge >= 0.3 is 0 Å². The summed E-state index contributed by atoms with van der Waals surface area (Å²) in [6.45, 7) is 2.23. The number of anilines is 1. The number of nitrogen functional groups attached to an aromatic ring is 1. The standard InChI is InChI=1S/C11H16N2O/c1-7-3-4-10-8(5-7)9(12)6-11(14)13(10)2/h6-7H,3-5,12H2,1-2H3.